The van der Waals surface area contributed by atoms with E-state index in [0.717, 1.165) is 12.3 Å². The van der Waals surface area contributed by atoms with E-state index in [4.69, 9.17) is 0 Å². The summed E-state index contributed by atoms with van der Waals surface area (Å²) < 4.78 is 0. The Balaban J connectivity index is 1.86. The molecule has 0 spiro atoms. The zero-order valence-corrected chi connectivity index (χ0v) is 8.93. The van der Waals surface area contributed by atoms with E-state index in [-0.39, 0.29) is 0 Å². The molecule has 1 fully saturated rings. The Hall–Kier alpha value is 0. The Morgan fingerprint density at radius 2 is 1.92 bits per heavy atom. The molecule has 0 aromatic rings. The van der Waals surface area contributed by atoms with Crippen LogP contribution >= 0.6 is 0 Å². The first-order valence-corrected chi connectivity index (χ1v) is 6.06. The second kappa shape index (κ2) is 7.41. The van der Waals surface area contributed by atoms with Gasteiger partial charge >= 0.3 is 0 Å². The van der Waals surface area contributed by atoms with Crippen LogP contribution in [0.15, 0.2) is 0 Å². The lowest BCUT2D eigenvalue weighted by Crippen LogP contribution is -2.06. The summed E-state index contributed by atoms with van der Waals surface area (Å²) in [6.45, 7) is 3.87. The van der Waals surface area contributed by atoms with Crippen LogP contribution in [0.2, 0.25) is 0 Å². The molecule has 1 saturated carbocycles. The molecule has 0 saturated heterocycles. The van der Waals surface area contributed by atoms with Crippen LogP contribution < -0.4 is 0 Å². The number of rotatable bonds is 6. The molecule has 0 N–H and O–H groups in total. The summed E-state index contributed by atoms with van der Waals surface area (Å²) in [6, 6.07) is 0. The van der Waals surface area contributed by atoms with Crippen molar-refractivity contribution in [1.82, 2.24) is 0 Å². The first-order valence-electron chi connectivity index (χ1n) is 6.06. The Labute approximate surface area is 84.1 Å². The molecule has 0 aliphatic heterocycles. The van der Waals surface area contributed by atoms with Crippen LogP contribution in [0.1, 0.15) is 64.2 Å². The van der Waals surface area contributed by atoms with Crippen LogP contribution in [0.4, 0.5) is 0 Å². The number of hydrogen-bond donors (Lipinski definition) is 0. The van der Waals surface area contributed by atoms with Gasteiger partial charge in [0.15, 0.2) is 0 Å². The van der Waals surface area contributed by atoms with Crippen LogP contribution in [0.3, 0.4) is 0 Å². The quantitative estimate of drug-likeness (QED) is 0.526. The van der Waals surface area contributed by atoms with Gasteiger partial charge in [-0.2, -0.15) is 0 Å². The normalized spacial score (nSPS) is 19.2. The molecule has 1 aliphatic carbocycles. The van der Waals surface area contributed by atoms with Gasteiger partial charge in [-0.15, -0.1) is 0 Å². The lowest BCUT2D eigenvalue weighted by atomic mass is 9.85. The maximum atomic E-state index is 3.87. The van der Waals surface area contributed by atoms with E-state index >= 15 is 0 Å². The molecule has 0 heterocycles. The fraction of sp³-hybridized carbons (Fsp3) is 0.846. The van der Waals surface area contributed by atoms with E-state index in [9.17, 15) is 0 Å². The van der Waals surface area contributed by atoms with Gasteiger partial charge in [0.2, 0.25) is 0 Å². The van der Waals surface area contributed by atoms with Crippen molar-refractivity contribution in [1.29, 1.82) is 0 Å². The summed E-state index contributed by atoms with van der Waals surface area (Å²) in [5.74, 6) is 0.966. The monoisotopic (exact) mass is 180 g/mol. The Bertz CT molecular complexity index is 101. The largest absolute Gasteiger partial charge is 0.0533 e. The lowest BCUT2D eigenvalue weighted by Gasteiger charge is -2.20. The molecule has 1 unspecified atom stereocenters. The minimum atomic E-state index is 0.966. The van der Waals surface area contributed by atoms with Gasteiger partial charge in [0.25, 0.3) is 0 Å². The highest BCUT2D eigenvalue weighted by atomic mass is 14.2. The molecule has 1 aliphatic rings. The minimum absolute atomic E-state index is 0.966. The van der Waals surface area contributed by atoms with E-state index in [1.165, 1.54) is 57.8 Å². The molecule has 0 heteroatoms. The second-order valence-electron chi connectivity index (χ2n) is 4.34. The summed E-state index contributed by atoms with van der Waals surface area (Å²) in [6.07, 6.45) is 16.5. The van der Waals surface area contributed by atoms with E-state index in [2.05, 4.69) is 13.3 Å². The maximum absolute atomic E-state index is 3.87. The van der Waals surface area contributed by atoms with Crippen LogP contribution in [-0.4, -0.2) is 0 Å². The molecule has 0 aromatic heterocycles. The Kier molecular flexibility index (Phi) is 6.31. The smallest absolute Gasteiger partial charge is 0.0355 e. The van der Waals surface area contributed by atoms with Crippen molar-refractivity contribution in [2.45, 2.75) is 64.2 Å². The van der Waals surface area contributed by atoms with Crippen molar-refractivity contribution >= 4 is 0 Å². The van der Waals surface area contributed by atoms with Gasteiger partial charge in [0, 0.05) is 0 Å². The van der Waals surface area contributed by atoms with E-state index in [1.807, 2.05) is 0 Å². The molecule has 0 aromatic carbocycles. The molecule has 76 valence electrons. The summed E-state index contributed by atoms with van der Waals surface area (Å²) >= 11 is 0. The van der Waals surface area contributed by atoms with Crippen LogP contribution in [0, 0.1) is 19.3 Å². The van der Waals surface area contributed by atoms with E-state index < -0.39 is 0 Å². The highest BCUT2D eigenvalue weighted by molar-refractivity contribution is 4.80. The standard InChI is InChI=1S/C13H24/c1-2-3-4-5-7-10-13-11-8-6-9-12-13/h11,13H,1-10,12H2. The lowest BCUT2D eigenvalue weighted by molar-refractivity contribution is 0.404. The number of unbranched alkanes of at least 4 members (excludes halogenated alkanes) is 4. The van der Waals surface area contributed by atoms with Gasteiger partial charge in [-0.05, 0) is 18.8 Å². The molecule has 1 rings (SSSR count). The van der Waals surface area contributed by atoms with Gasteiger partial charge in [-0.3, -0.25) is 0 Å². The van der Waals surface area contributed by atoms with Gasteiger partial charge in [-0.1, -0.05) is 64.7 Å². The van der Waals surface area contributed by atoms with Crippen LogP contribution in [0.25, 0.3) is 0 Å². The van der Waals surface area contributed by atoms with Crippen molar-refractivity contribution in [3.63, 3.8) is 0 Å². The first-order chi connectivity index (χ1) is 6.43. The zero-order chi connectivity index (χ0) is 9.36. The Morgan fingerprint density at radius 1 is 1.08 bits per heavy atom. The Morgan fingerprint density at radius 3 is 2.62 bits per heavy atom. The molecule has 1 atom stereocenters. The van der Waals surface area contributed by atoms with Gasteiger partial charge < -0.3 is 0 Å². The molecule has 0 amide bonds. The predicted molar refractivity (Wildman–Crippen MR) is 59.3 cm³/mol. The maximum Gasteiger partial charge on any atom is -0.0355 e. The van der Waals surface area contributed by atoms with Crippen molar-refractivity contribution in [3.8, 4) is 0 Å². The fourth-order valence-corrected chi connectivity index (χ4v) is 2.22. The van der Waals surface area contributed by atoms with Crippen molar-refractivity contribution in [3.05, 3.63) is 13.3 Å². The third-order valence-electron chi connectivity index (χ3n) is 3.10. The fourth-order valence-electron chi connectivity index (χ4n) is 2.22. The molecule has 2 radical (unpaired) electrons. The predicted octanol–water partition coefficient (Wildman–Crippen LogP) is 4.56. The third-order valence-corrected chi connectivity index (χ3v) is 3.10. The summed E-state index contributed by atoms with van der Waals surface area (Å²) in [4.78, 5) is 0. The van der Waals surface area contributed by atoms with E-state index in [1.54, 1.807) is 0 Å². The van der Waals surface area contributed by atoms with Crippen molar-refractivity contribution < 1.29 is 0 Å². The summed E-state index contributed by atoms with van der Waals surface area (Å²) in [5.41, 5.74) is 0. The van der Waals surface area contributed by atoms with Crippen LogP contribution in [-0.2, 0) is 0 Å². The molecular formula is C13H24. The number of hydrogen-bond acceptors (Lipinski definition) is 0. The molecule has 0 bridgehead atoms. The third kappa shape index (κ3) is 5.33. The van der Waals surface area contributed by atoms with E-state index in [0.29, 0.717) is 0 Å². The van der Waals surface area contributed by atoms with Crippen molar-refractivity contribution in [2.75, 3.05) is 0 Å². The minimum Gasteiger partial charge on any atom is -0.0533 e. The topological polar surface area (TPSA) is 0 Å². The van der Waals surface area contributed by atoms with Gasteiger partial charge in [0.1, 0.15) is 0 Å². The van der Waals surface area contributed by atoms with Gasteiger partial charge in [-0.25, -0.2) is 0 Å². The highest BCUT2D eigenvalue weighted by Gasteiger charge is 2.12. The van der Waals surface area contributed by atoms with Gasteiger partial charge in [0.05, 0.1) is 0 Å². The molecular weight excluding hydrogens is 156 g/mol. The average Bonchev–Trinajstić information content (AvgIpc) is 2.19. The molecule has 13 heavy (non-hydrogen) atoms. The van der Waals surface area contributed by atoms with Crippen LogP contribution in [0.5, 0.6) is 0 Å². The van der Waals surface area contributed by atoms with Crippen molar-refractivity contribution in [2.24, 2.45) is 5.92 Å². The SMILES string of the molecule is [CH2]CCCCCCC1[CH]CCCC1. The highest BCUT2D eigenvalue weighted by Crippen LogP contribution is 2.27. The molecule has 0 nitrogen and oxygen atoms in total. The first kappa shape index (κ1) is 11.1. The second-order valence-corrected chi connectivity index (χ2v) is 4.34. The average molecular weight is 180 g/mol. The zero-order valence-electron chi connectivity index (χ0n) is 8.93. The summed E-state index contributed by atoms with van der Waals surface area (Å²) in [5, 5.41) is 0. The summed E-state index contributed by atoms with van der Waals surface area (Å²) in [7, 11) is 0.